The minimum Gasteiger partial charge on any atom is -0.326 e. The fourth-order valence-corrected chi connectivity index (χ4v) is 2.35. The van der Waals surface area contributed by atoms with E-state index in [2.05, 4.69) is 30.4 Å². The zero-order valence-corrected chi connectivity index (χ0v) is 12.9. The Kier molecular flexibility index (Phi) is 5.29. The second-order valence-electron chi connectivity index (χ2n) is 5.44. The van der Waals surface area contributed by atoms with E-state index in [-0.39, 0.29) is 5.91 Å². The molecule has 22 heavy (non-hydrogen) atoms. The summed E-state index contributed by atoms with van der Waals surface area (Å²) in [5.41, 5.74) is 3.52. The Balaban J connectivity index is 1.95. The summed E-state index contributed by atoms with van der Waals surface area (Å²) in [5.74, 6) is -0.0891. The molecule has 2 aromatic carbocycles. The molecule has 0 aliphatic rings. The van der Waals surface area contributed by atoms with Gasteiger partial charge in [0.05, 0.1) is 18.3 Å². The average molecular weight is 294 g/mol. The number of amides is 1. The Morgan fingerprint density at radius 2 is 1.86 bits per heavy atom. The van der Waals surface area contributed by atoms with Gasteiger partial charge in [0.2, 0.25) is 0 Å². The number of hydrogen-bond acceptors (Lipinski definition) is 2. The molecule has 4 nitrogen and oxygen atoms in total. The van der Waals surface area contributed by atoms with Crippen LogP contribution in [-0.2, 0) is 11.3 Å². The van der Waals surface area contributed by atoms with Crippen molar-refractivity contribution < 1.29 is 9.69 Å². The molecule has 1 atom stereocenters. The summed E-state index contributed by atoms with van der Waals surface area (Å²) in [5, 5.41) is 11.8. The Morgan fingerprint density at radius 3 is 2.59 bits per heavy atom. The van der Waals surface area contributed by atoms with Crippen LogP contribution in [0.2, 0.25) is 0 Å². The van der Waals surface area contributed by atoms with Gasteiger partial charge < -0.3 is 10.2 Å². The zero-order chi connectivity index (χ0) is 15.9. The summed E-state index contributed by atoms with van der Waals surface area (Å²) in [6.45, 7) is 3.22. The van der Waals surface area contributed by atoms with Crippen LogP contribution in [0.15, 0.2) is 48.5 Å². The molecule has 0 radical (unpaired) electrons. The normalized spacial score (nSPS) is 11.5. The predicted octanol–water partition coefficient (Wildman–Crippen LogP) is 1.52. The van der Waals surface area contributed by atoms with Gasteiger partial charge in [-0.2, -0.15) is 5.26 Å². The van der Waals surface area contributed by atoms with Crippen LogP contribution in [0.5, 0.6) is 0 Å². The van der Waals surface area contributed by atoms with E-state index in [1.54, 1.807) is 24.3 Å². The average Bonchev–Trinajstić information content (AvgIpc) is 2.50. The number of rotatable bonds is 5. The lowest BCUT2D eigenvalue weighted by Gasteiger charge is -2.15. The minimum atomic E-state index is -0.0891. The van der Waals surface area contributed by atoms with Crippen molar-refractivity contribution in [3.63, 3.8) is 0 Å². The Hall–Kier alpha value is -2.64. The van der Waals surface area contributed by atoms with E-state index < -0.39 is 0 Å². The lowest BCUT2D eigenvalue weighted by atomic mass is 10.1. The first-order chi connectivity index (χ1) is 10.6. The van der Waals surface area contributed by atoms with Gasteiger partial charge >= 0.3 is 0 Å². The second-order valence-corrected chi connectivity index (χ2v) is 5.44. The number of carbonyl (C=O) groups excluding carboxylic acids is 1. The van der Waals surface area contributed by atoms with Crippen molar-refractivity contribution in [2.45, 2.75) is 13.5 Å². The van der Waals surface area contributed by atoms with E-state index >= 15 is 0 Å². The molecule has 4 heteroatoms. The number of quaternary nitrogens is 1. The first-order valence-electron chi connectivity index (χ1n) is 7.25. The number of nitrogens with one attached hydrogen (secondary N) is 2. The highest BCUT2D eigenvalue weighted by molar-refractivity contribution is 5.92. The van der Waals surface area contributed by atoms with Crippen molar-refractivity contribution in [2.24, 2.45) is 0 Å². The number of aryl methyl sites for hydroxylation is 1. The first-order valence-corrected chi connectivity index (χ1v) is 7.25. The van der Waals surface area contributed by atoms with Gasteiger partial charge in [0.1, 0.15) is 12.6 Å². The van der Waals surface area contributed by atoms with E-state index in [4.69, 9.17) is 5.26 Å². The lowest BCUT2D eigenvalue weighted by Crippen LogP contribution is -3.08. The number of nitriles is 1. The molecule has 2 rings (SSSR count). The number of likely N-dealkylation sites (N-methyl/N-ethyl adjacent to an activating group) is 1. The summed E-state index contributed by atoms with van der Waals surface area (Å²) in [6.07, 6.45) is 0. The topological polar surface area (TPSA) is 57.3 Å². The fraction of sp³-hybridized carbons (Fsp3) is 0.222. The third-order valence-electron chi connectivity index (χ3n) is 3.54. The molecule has 1 amide bonds. The maximum atomic E-state index is 12.1. The molecule has 0 aliphatic carbocycles. The smallest absolute Gasteiger partial charge is 0.279 e. The van der Waals surface area contributed by atoms with E-state index in [0.717, 1.165) is 11.4 Å². The van der Waals surface area contributed by atoms with Crippen LogP contribution in [0.1, 0.15) is 16.7 Å². The van der Waals surface area contributed by atoms with Crippen LogP contribution in [0.4, 0.5) is 5.69 Å². The summed E-state index contributed by atoms with van der Waals surface area (Å²) < 4.78 is 0. The summed E-state index contributed by atoms with van der Waals surface area (Å²) >= 11 is 0. The van der Waals surface area contributed by atoms with Gasteiger partial charge in [0, 0.05) is 5.56 Å². The highest BCUT2D eigenvalue weighted by Crippen LogP contribution is 2.12. The highest BCUT2D eigenvalue weighted by Gasteiger charge is 2.13. The van der Waals surface area contributed by atoms with Crippen LogP contribution in [-0.4, -0.2) is 19.5 Å². The molecule has 0 heterocycles. The largest absolute Gasteiger partial charge is 0.326 e. The SMILES string of the molecule is Cc1ccccc1C[NH+](C)CC(=O)Nc1ccccc1C#N. The van der Waals surface area contributed by atoms with Crippen LogP contribution in [0.25, 0.3) is 0 Å². The summed E-state index contributed by atoms with van der Waals surface area (Å²) in [4.78, 5) is 13.2. The fourth-order valence-electron chi connectivity index (χ4n) is 2.35. The highest BCUT2D eigenvalue weighted by atomic mass is 16.2. The van der Waals surface area contributed by atoms with Gasteiger partial charge in [0.25, 0.3) is 5.91 Å². The predicted molar refractivity (Wildman–Crippen MR) is 86.4 cm³/mol. The Bertz CT molecular complexity index is 703. The standard InChI is InChI=1S/C18H19N3O/c1-14-7-3-4-9-16(14)12-21(2)13-18(22)20-17-10-6-5-8-15(17)11-19/h3-10H,12-13H2,1-2H3,(H,20,22)/p+1. The van der Waals surface area contributed by atoms with E-state index in [1.807, 2.05) is 19.2 Å². The number of carbonyl (C=O) groups is 1. The molecule has 0 aliphatic heterocycles. The van der Waals surface area contributed by atoms with Gasteiger partial charge in [0.15, 0.2) is 6.54 Å². The molecule has 112 valence electrons. The molecule has 0 bridgehead atoms. The van der Waals surface area contributed by atoms with Crippen LogP contribution in [0.3, 0.4) is 0 Å². The van der Waals surface area contributed by atoms with Crippen molar-refractivity contribution in [2.75, 3.05) is 18.9 Å². The van der Waals surface area contributed by atoms with Crippen LogP contribution < -0.4 is 10.2 Å². The number of nitrogens with zero attached hydrogens (tertiary/aromatic N) is 1. The monoisotopic (exact) mass is 294 g/mol. The third-order valence-corrected chi connectivity index (χ3v) is 3.54. The van der Waals surface area contributed by atoms with Crippen molar-refractivity contribution >= 4 is 11.6 Å². The van der Waals surface area contributed by atoms with Crippen LogP contribution >= 0.6 is 0 Å². The third kappa shape index (κ3) is 4.18. The molecule has 0 spiro atoms. The van der Waals surface area contributed by atoms with Crippen molar-refractivity contribution in [3.05, 3.63) is 65.2 Å². The molecule has 0 fully saturated rings. The molecular formula is C18H20N3O+. The molecule has 0 saturated heterocycles. The molecule has 0 aromatic heterocycles. The van der Waals surface area contributed by atoms with Gasteiger partial charge in [-0.3, -0.25) is 4.79 Å². The lowest BCUT2D eigenvalue weighted by molar-refractivity contribution is -0.885. The number of benzene rings is 2. The summed E-state index contributed by atoms with van der Waals surface area (Å²) in [7, 11) is 1.99. The first kappa shape index (κ1) is 15.7. The molecule has 2 aromatic rings. The molecule has 0 saturated carbocycles. The van der Waals surface area contributed by atoms with Crippen molar-refractivity contribution in [3.8, 4) is 6.07 Å². The Labute approximate surface area is 131 Å². The van der Waals surface area contributed by atoms with Crippen molar-refractivity contribution in [1.82, 2.24) is 0 Å². The minimum absolute atomic E-state index is 0.0891. The zero-order valence-electron chi connectivity index (χ0n) is 12.9. The van der Waals surface area contributed by atoms with Gasteiger partial charge in [-0.1, -0.05) is 36.4 Å². The maximum absolute atomic E-state index is 12.1. The number of hydrogen-bond donors (Lipinski definition) is 2. The van der Waals surface area contributed by atoms with Gasteiger partial charge in [-0.25, -0.2) is 0 Å². The van der Waals surface area contributed by atoms with Crippen LogP contribution in [0, 0.1) is 18.3 Å². The quantitative estimate of drug-likeness (QED) is 0.878. The number of para-hydroxylation sites is 1. The van der Waals surface area contributed by atoms with E-state index in [1.165, 1.54) is 11.1 Å². The second kappa shape index (κ2) is 7.39. The Morgan fingerprint density at radius 1 is 1.18 bits per heavy atom. The molecular weight excluding hydrogens is 274 g/mol. The van der Waals surface area contributed by atoms with Gasteiger partial charge in [-0.05, 0) is 24.6 Å². The van der Waals surface area contributed by atoms with E-state index in [9.17, 15) is 4.79 Å². The molecule has 1 unspecified atom stereocenters. The maximum Gasteiger partial charge on any atom is 0.279 e. The van der Waals surface area contributed by atoms with E-state index in [0.29, 0.717) is 17.8 Å². The van der Waals surface area contributed by atoms with Gasteiger partial charge in [-0.15, -0.1) is 0 Å². The summed E-state index contributed by atoms with van der Waals surface area (Å²) in [6, 6.07) is 17.3. The number of anilines is 1. The van der Waals surface area contributed by atoms with Crippen molar-refractivity contribution in [1.29, 1.82) is 5.26 Å². The molecule has 2 N–H and O–H groups in total.